The Balaban J connectivity index is 0.00000206. The van der Waals surface area contributed by atoms with Gasteiger partial charge in [-0.05, 0) is 45.0 Å². The molecule has 4 N–H and O–H groups in total. The van der Waals surface area contributed by atoms with Gasteiger partial charge in [-0.1, -0.05) is 39.8 Å². The second-order valence-electron chi connectivity index (χ2n) is 8.65. The molecule has 1 aromatic heterocycles. The molecule has 1 fully saturated rings. The lowest BCUT2D eigenvalue weighted by atomic mass is 9.79. The van der Waals surface area contributed by atoms with Crippen LogP contribution in [-0.4, -0.2) is 46.7 Å². The van der Waals surface area contributed by atoms with Gasteiger partial charge in [-0.2, -0.15) is 13.8 Å². The highest BCUT2D eigenvalue weighted by molar-refractivity contribution is 5.83. The lowest BCUT2D eigenvalue weighted by Crippen LogP contribution is -2.50. The van der Waals surface area contributed by atoms with Crippen LogP contribution in [0.25, 0.3) is 11.4 Å². The summed E-state index contributed by atoms with van der Waals surface area (Å²) >= 11 is 0. The summed E-state index contributed by atoms with van der Waals surface area (Å²) < 4.78 is 52.3. The Labute approximate surface area is 213 Å². The van der Waals surface area contributed by atoms with E-state index in [1.54, 1.807) is 4.90 Å². The highest BCUT2D eigenvalue weighted by atomic mass is 19.3. The van der Waals surface area contributed by atoms with E-state index in [1.807, 2.05) is 41.5 Å². The number of rotatable bonds is 3. The third-order valence-corrected chi connectivity index (χ3v) is 6.04. The molecule has 0 spiro atoms. The van der Waals surface area contributed by atoms with Gasteiger partial charge in [-0.15, -0.1) is 0 Å². The van der Waals surface area contributed by atoms with Crippen LogP contribution in [0.3, 0.4) is 0 Å². The van der Waals surface area contributed by atoms with Crippen molar-refractivity contribution >= 4 is 5.91 Å². The number of benzene rings is 1. The summed E-state index contributed by atoms with van der Waals surface area (Å²) in [4.78, 5) is 18.7. The monoisotopic (exact) mass is 517 g/mol. The number of alkyl halides is 2. The number of aromatic nitrogens is 2. The van der Waals surface area contributed by atoms with Gasteiger partial charge in [0.25, 0.3) is 5.89 Å². The van der Waals surface area contributed by atoms with Crippen molar-refractivity contribution in [3.05, 3.63) is 29.4 Å². The van der Waals surface area contributed by atoms with Crippen molar-refractivity contribution in [2.45, 2.75) is 79.8 Å². The van der Waals surface area contributed by atoms with Gasteiger partial charge in [0.2, 0.25) is 11.7 Å². The maximum Gasteiger partial charge on any atom is 0.322 e. The Morgan fingerprint density at radius 3 is 2.39 bits per heavy atom. The first-order valence-corrected chi connectivity index (χ1v) is 12.3. The van der Waals surface area contributed by atoms with E-state index in [4.69, 9.17) is 4.74 Å². The normalized spacial score (nSPS) is 18.6. The molecule has 0 unspecified atom stereocenters. The molecule has 206 valence electrons. The minimum atomic E-state index is -3.30. The molecule has 4 rings (SSSR count). The lowest BCUT2D eigenvalue weighted by Gasteiger charge is -2.39. The summed E-state index contributed by atoms with van der Waals surface area (Å²) in [6, 6.07) is 2.38. The standard InChI is InChI=1S/C21H25F3N4O3.2C2H6.H3N.H2/c1-12-11-30-16-9-13(17-26-18(31-27-17)21(3,23)24)8-15(22)14(16)10-28(12)19(29)20(2)4-6-25-7-5-20;2*1-2;;/h8-9,12,25H,4-7,10-11H2,1-3H3;2*1-2H3;1H3;1H/t12-;;;;/m0..../s1. The van der Waals surface area contributed by atoms with Crippen LogP contribution in [-0.2, 0) is 17.3 Å². The quantitative estimate of drug-likeness (QED) is 0.517. The summed E-state index contributed by atoms with van der Waals surface area (Å²) in [6.45, 7) is 14.2. The number of nitrogens with zero attached hydrogens (tertiary/aromatic N) is 3. The molecule has 0 saturated carbocycles. The molecule has 3 heterocycles. The van der Waals surface area contributed by atoms with Crippen LogP contribution in [0, 0.1) is 11.2 Å². The van der Waals surface area contributed by atoms with Gasteiger partial charge in [0.1, 0.15) is 18.2 Å². The number of ether oxygens (including phenoxy) is 1. The average molecular weight is 518 g/mol. The second kappa shape index (κ2) is 13.0. The number of hydrogen-bond acceptors (Lipinski definition) is 7. The molecule has 0 bridgehead atoms. The van der Waals surface area contributed by atoms with Crippen molar-refractivity contribution in [3.63, 3.8) is 0 Å². The first-order valence-electron chi connectivity index (χ1n) is 12.3. The van der Waals surface area contributed by atoms with Crippen molar-refractivity contribution in [1.29, 1.82) is 0 Å². The van der Waals surface area contributed by atoms with Crippen molar-refractivity contribution in [2.24, 2.45) is 5.41 Å². The Bertz CT molecular complexity index is 994. The average Bonchev–Trinajstić information content (AvgIpc) is 3.29. The molecular formula is C25H42F3N5O3. The number of nitrogens with one attached hydrogen (secondary N) is 1. The van der Waals surface area contributed by atoms with Crippen LogP contribution < -0.4 is 16.2 Å². The van der Waals surface area contributed by atoms with Gasteiger partial charge in [-0.3, -0.25) is 4.79 Å². The predicted octanol–water partition coefficient (Wildman–Crippen LogP) is 5.95. The van der Waals surface area contributed by atoms with Gasteiger partial charge >= 0.3 is 5.92 Å². The minimum Gasteiger partial charge on any atom is -0.491 e. The van der Waals surface area contributed by atoms with Crippen LogP contribution in [0.2, 0.25) is 0 Å². The molecule has 36 heavy (non-hydrogen) atoms. The maximum atomic E-state index is 15.1. The molecular weight excluding hydrogens is 475 g/mol. The highest BCUT2D eigenvalue weighted by Crippen LogP contribution is 2.37. The third-order valence-electron chi connectivity index (χ3n) is 6.04. The summed E-state index contributed by atoms with van der Waals surface area (Å²) in [5, 5.41) is 6.79. The first kappa shape index (κ1) is 31.4. The Morgan fingerprint density at radius 1 is 1.22 bits per heavy atom. The van der Waals surface area contributed by atoms with Gasteiger partial charge in [0.15, 0.2) is 0 Å². The van der Waals surface area contributed by atoms with Gasteiger partial charge in [-0.25, -0.2) is 4.39 Å². The number of fused-ring (bicyclic) bond motifs is 1. The minimum absolute atomic E-state index is 0. The van der Waals surface area contributed by atoms with E-state index in [0.29, 0.717) is 19.8 Å². The number of hydrogen-bond donors (Lipinski definition) is 2. The van der Waals surface area contributed by atoms with Crippen molar-refractivity contribution in [1.82, 2.24) is 26.5 Å². The summed E-state index contributed by atoms with van der Waals surface area (Å²) in [5.74, 6) is -4.71. The zero-order valence-corrected chi connectivity index (χ0v) is 22.4. The molecule has 0 aliphatic carbocycles. The predicted molar refractivity (Wildman–Crippen MR) is 135 cm³/mol. The van der Waals surface area contributed by atoms with Gasteiger partial charge in [0, 0.05) is 24.9 Å². The zero-order valence-electron chi connectivity index (χ0n) is 22.4. The van der Waals surface area contributed by atoms with Crippen LogP contribution in [0.15, 0.2) is 16.7 Å². The summed E-state index contributed by atoms with van der Waals surface area (Å²) in [7, 11) is 0. The van der Waals surface area contributed by atoms with Crippen LogP contribution in [0.4, 0.5) is 13.2 Å². The first-order chi connectivity index (χ1) is 16.6. The molecule has 1 saturated heterocycles. The number of carbonyl (C=O) groups is 1. The largest absolute Gasteiger partial charge is 0.491 e. The van der Waals surface area contributed by atoms with Crippen LogP contribution in [0.5, 0.6) is 5.75 Å². The number of halogens is 3. The van der Waals surface area contributed by atoms with Gasteiger partial charge < -0.3 is 25.6 Å². The summed E-state index contributed by atoms with van der Waals surface area (Å²) in [5.41, 5.74) is -0.107. The lowest BCUT2D eigenvalue weighted by molar-refractivity contribution is -0.146. The molecule has 1 aromatic carbocycles. The molecule has 1 atom stereocenters. The summed E-state index contributed by atoms with van der Waals surface area (Å²) in [6.07, 6.45) is 1.43. The fraction of sp³-hybridized carbons (Fsp3) is 0.640. The Kier molecular flexibility index (Phi) is 11.4. The smallest absolute Gasteiger partial charge is 0.322 e. The topological polar surface area (TPSA) is 115 Å². The number of amides is 1. The molecule has 2 aromatic rings. The molecule has 11 heteroatoms. The fourth-order valence-electron chi connectivity index (χ4n) is 3.98. The molecule has 0 radical (unpaired) electrons. The maximum absolute atomic E-state index is 15.1. The fourth-order valence-corrected chi connectivity index (χ4v) is 3.98. The highest BCUT2D eigenvalue weighted by Gasteiger charge is 2.41. The van der Waals surface area contributed by atoms with Crippen molar-refractivity contribution in [2.75, 3.05) is 19.7 Å². The van der Waals surface area contributed by atoms with E-state index < -0.39 is 23.0 Å². The Morgan fingerprint density at radius 2 is 1.83 bits per heavy atom. The Hall–Kier alpha value is -2.66. The van der Waals surface area contributed by atoms with E-state index >= 15 is 4.39 Å². The second-order valence-corrected chi connectivity index (χ2v) is 8.65. The molecule has 2 aliphatic rings. The van der Waals surface area contributed by atoms with E-state index in [-0.39, 0.29) is 55.4 Å². The van der Waals surface area contributed by atoms with Crippen molar-refractivity contribution in [3.8, 4) is 17.1 Å². The van der Waals surface area contributed by atoms with E-state index in [2.05, 4.69) is 20.0 Å². The molecule has 1 amide bonds. The number of carbonyl (C=O) groups excluding carboxylic acids is 1. The van der Waals surface area contributed by atoms with Crippen LogP contribution >= 0.6 is 0 Å². The van der Waals surface area contributed by atoms with E-state index in [0.717, 1.165) is 19.2 Å². The zero-order chi connectivity index (χ0) is 26.4. The number of piperidine rings is 1. The molecule has 2 aliphatic heterocycles. The molecule has 8 nitrogen and oxygen atoms in total. The van der Waals surface area contributed by atoms with Crippen molar-refractivity contribution < 1.29 is 28.7 Å². The van der Waals surface area contributed by atoms with Crippen LogP contribution in [0.1, 0.15) is 74.2 Å². The third kappa shape index (κ3) is 6.76. The van der Waals surface area contributed by atoms with E-state index in [1.165, 1.54) is 6.07 Å². The van der Waals surface area contributed by atoms with Gasteiger partial charge in [0.05, 0.1) is 12.6 Å². The SMILES string of the molecule is CC.CC.C[C@H]1COc2cc(-c3noc(C(C)(F)F)n3)cc(F)c2CN1C(=O)C1(C)CCNCC1.N.[HH]. The van der Waals surface area contributed by atoms with E-state index in [9.17, 15) is 13.6 Å².